The maximum atomic E-state index is 11.7. The van der Waals surface area contributed by atoms with E-state index in [9.17, 15) is 4.79 Å². The quantitative estimate of drug-likeness (QED) is 0.838. The molecule has 1 amide bonds. The Labute approximate surface area is 99.3 Å². The molecule has 0 atom stereocenters. The molecule has 2 aromatic heterocycles. The monoisotopic (exact) mass is 279 g/mol. The number of rotatable bonds is 2. The van der Waals surface area contributed by atoms with E-state index in [2.05, 4.69) is 41.4 Å². The predicted molar refractivity (Wildman–Crippen MR) is 59.7 cm³/mol. The predicted octanol–water partition coefficient (Wildman–Crippen LogP) is 1.28. The molecule has 0 saturated heterocycles. The van der Waals surface area contributed by atoms with E-state index in [1.807, 2.05) is 0 Å². The molecular weight excluding hydrogens is 274 g/mol. The van der Waals surface area contributed by atoms with Gasteiger partial charge in [0.1, 0.15) is 4.60 Å². The lowest BCUT2D eigenvalue weighted by molar-refractivity contribution is 0.102. The molecule has 0 unspecified atom stereocenters. The first-order valence-electron chi connectivity index (χ1n) is 4.32. The van der Waals surface area contributed by atoms with Crippen molar-refractivity contribution in [2.45, 2.75) is 0 Å². The minimum atomic E-state index is -0.326. The Morgan fingerprint density at radius 2 is 2.12 bits per heavy atom. The minimum Gasteiger partial charge on any atom is -0.289 e. The number of anilines is 1. The van der Waals surface area contributed by atoms with Gasteiger partial charge in [0.25, 0.3) is 5.91 Å². The Morgan fingerprint density at radius 1 is 1.25 bits per heavy atom. The molecule has 0 aliphatic heterocycles. The number of aromatic nitrogens is 4. The van der Waals surface area contributed by atoms with Crippen LogP contribution in [0.5, 0.6) is 0 Å². The van der Waals surface area contributed by atoms with Crippen molar-refractivity contribution in [2.75, 3.05) is 5.32 Å². The fraction of sp³-hybridized carbons (Fsp3) is 0. The topological polar surface area (TPSA) is 80.7 Å². The van der Waals surface area contributed by atoms with Crippen molar-refractivity contribution < 1.29 is 4.79 Å². The zero-order chi connectivity index (χ0) is 11.4. The maximum absolute atomic E-state index is 11.7. The van der Waals surface area contributed by atoms with E-state index in [0.717, 1.165) is 0 Å². The second kappa shape index (κ2) is 4.75. The summed E-state index contributed by atoms with van der Waals surface area (Å²) in [6, 6.07) is 3.32. The van der Waals surface area contributed by atoms with E-state index in [0.29, 0.717) is 10.2 Å². The number of nitrogens with zero attached hydrogens (tertiary/aromatic N) is 4. The van der Waals surface area contributed by atoms with Crippen molar-refractivity contribution in [3.8, 4) is 0 Å². The van der Waals surface area contributed by atoms with Crippen LogP contribution in [-0.2, 0) is 0 Å². The number of pyridine rings is 1. The van der Waals surface area contributed by atoms with Crippen molar-refractivity contribution >= 4 is 27.8 Å². The fourth-order valence-electron chi connectivity index (χ4n) is 0.989. The van der Waals surface area contributed by atoms with E-state index in [-0.39, 0.29) is 11.9 Å². The smallest absolute Gasteiger partial charge is 0.259 e. The first-order valence-corrected chi connectivity index (χ1v) is 5.11. The molecule has 0 aliphatic carbocycles. The van der Waals surface area contributed by atoms with E-state index in [1.165, 1.54) is 18.6 Å². The molecule has 0 saturated carbocycles. The van der Waals surface area contributed by atoms with Gasteiger partial charge in [-0.3, -0.25) is 10.1 Å². The number of halogens is 1. The van der Waals surface area contributed by atoms with E-state index in [4.69, 9.17) is 0 Å². The van der Waals surface area contributed by atoms with E-state index in [1.54, 1.807) is 12.1 Å². The molecule has 0 radical (unpaired) electrons. The van der Waals surface area contributed by atoms with Crippen LogP contribution in [0.1, 0.15) is 10.4 Å². The molecule has 0 fully saturated rings. The number of nitrogens with one attached hydrogen (secondary N) is 1. The summed E-state index contributed by atoms with van der Waals surface area (Å²) in [6.45, 7) is 0. The van der Waals surface area contributed by atoms with Gasteiger partial charge in [0.2, 0.25) is 5.95 Å². The van der Waals surface area contributed by atoms with E-state index < -0.39 is 0 Å². The highest BCUT2D eigenvalue weighted by atomic mass is 79.9. The summed E-state index contributed by atoms with van der Waals surface area (Å²) < 4.78 is 0.668. The molecule has 80 valence electrons. The Morgan fingerprint density at radius 3 is 2.75 bits per heavy atom. The van der Waals surface area contributed by atoms with Gasteiger partial charge in [-0.15, -0.1) is 5.10 Å². The van der Waals surface area contributed by atoms with Gasteiger partial charge in [-0.1, -0.05) is 0 Å². The summed E-state index contributed by atoms with van der Waals surface area (Å²) in [6.07, 6.45) is 4.33. The number of carbonyl (C=O) groups excluding carboxylic acids is 1. The summed E-state index contributed by atoms with van der Waals surface area (Å²) >= 11 is 3.18. The minimum absolute atomic E-state index is 0.162. The first-order chi connectivity index (χ1) is 7.75. The van der Waals surface area contributed by atoms with Gasteiger partial charge in [0, 0.05) is 6.20 Å². The summed E-state index contributed by atoms with van der Waals surface area (Å²) in [4.78, 5) is 19.4. The lowest BCUT2D eigenvalue weighted by Gasteiger charge is -2.01. The zero-order valence-corrected chi connectivity index (χ0v) is 9.55. The second-order valence-corrected chi connectivity index (χ2v) is 3.60. The lowest BCUT2D eigenvalue weighted by atomic mass is 10.3. The largest absolute Gasteiger partial charge is 0.289 e. The summed E-state index contributed by atoms with van der Waals surface area (Å²) in [5, 5.41) is 9.73. The van der Waals surface area contributed by atoms with Crippen LogP contribution in [0.25, 0.3) is 0 Å². The third-order valence-electron chi connectivity index (χ3n) is 1.70. The second-order valence-electron chi connectivity index (χ2n) is 2.79. The molecule has 0 aromatic carbocycles. The Balaban J connectivity index is 2.12. The van der Waals surface area contributed by atoms with Gasteiger partial charge in [-0.2, -0.15) is 5.10 Å². The normalized spacial score (nSPS) is 9.81. The average molecular weight is 280 g/mol. The van der Waals surface area contributed by atoms with Gasteiger partial charge in [0.05, 0.1) is 18.0 Å². The molecule has 0 bridgehead atoms. The van der Waals surface area contributed by atoms with Crippen LogP contribution in [0, 0.1) is 0 Å². The molecule has 2 heterocycles. The molecule has 1 N–H and O–H groups in total. The third-order valence-corrected chi connectivity index (χ3v) is 2.17. The highest BCUT2D eigenvalue weighted by molar-refractivity contribution is 9.10. The number of hydrogen-bond acceptors (Lipinski definition) is 5. The van der Waals surface area contributed by atoms with Crippen LogP contribution < -0.4 is 5.32 Å². The Bertz CT molecular complexity index is 487. The van der Waals surface area contributed by atoms with Crippen LogP contribution in [0.2, 0.25) is 0 Å². The summed E-state index contributed by atoms with van der Waals surface area (Å²) in [7, 11) is 0. The van der Waals surface area contributed by atoms with Gasteiger partial charge in [0.15, 0.2) is 0 Å². The van der Waals surface area contributed by atoms with Gasteiger partial charge < -0.3 is 0 Å². The van der Waals surface area contributed by atoms with Gasteiger partial charge >= 0.3 is 0 Å². The van der Waals surface area contributed by atoms with Gasteiger partial charge in [-0.25, -0.2) is 9.97 Å². The zero-order valence-electron chi connectivity index (χ0n) is 7.96. The molecule has 0 aliphatic rings. The molecule has 2 aromatic rings. The van der Waals surface area contributed by atoms with Crippen LogP contribution in [0.15, 0.2) is 35.3 Å². The van der Waals surface area contributed by atoms with Crippen LogP contribution in [0.4, 0.5) is 5.95 Å². The molecular formula is C9H6BrN5O. The lowest BCUT2D eigenvalue weighted by Crippen LogP contribution is -2.14. The average Bonchev–Trinajstić information content (AvgIpc) is 2.31. The van der Waals surface area contributed by atoms with Crippen molar-refractivity contribution in [1.29, 1.82) is 0 Å². The molecule has 16 heavy (non-hydrogen) atoms. The first kappa shape index (κ1) is 10.6. The molecule has 6 nitrogen and oxygen atoms in total. The third kappa shape index (κ3) is 2.57. The van der Waals surface area contributed by atoms with Crippen LogP contribution >= 0.6 is 15.9 Å². The SMILES string of the molecule is O=C(Nc1nccnn1)c1ccc(Br)nc1. The fourth-order valence-corrected chi connectivity index (χ4v) is 1.22. The standard InChI is InChI=1S/C9H6BrN5O/c10-7-2-1-6(5-12-7)8(16)14-9-11-3-4-13-15-9/h1-5H,(H,11,14,15,16). The van der Waals surface area contributed by atoms with Gasteiger partial charge in [-0.05, 0) is 28.1 Å². The highest BCUT2D eigenvalue weighted by Gasteiger charge is 2.07. The maximum Gasteiger partial charge on any atom is 0.259 e. The number of amides is 1. The molecule has 2 rings (SSSR count). The number of carbonyl (C=O) groups is 1. The number of hydrogen-bond donors (Lipinski definition) is 1. The van der Waals surface area contributed by atoms with Crippen molar-refractivity contribution in [1.82, 2.24) is 20.2 Å². The summed E-state index contributed by atoms with van der Waals surface area (Å²) in [5.41, 5.74) is 0.427. The van der Waals surface area contributed by atoms with Crippen molar-refractivity contribution in [3.63, 3.8) is 0 Å². The van der Waals surface area contributed by atoms with Crippen molar-refractivity contribution in [3.05, 3.63) is 40.9 Å². The Hall–Kier alpha value is -1.89. The highest BCUT2D eigenvalue weighted by Crippen LogP contribution is 2.07. The van der Waals surface area contributed by atoms with E-state index >= 15 is 0 Å². The van der Waals surface area contributed by atoms with Crippen LogP contribution in [0.3, 0.4) is 0 Å². The van der Waals surface area contributed by atoms with Crippen LogP contribution in [-0.4, -0.2) is 26.1 Å². The molecule has 0 spiro atoms. The Kier molecular flexibility index (Phi) is 3.16. The van der Waals surface area contributed by atoms with Crippen molar-refractivity contribution in [2.24, 2.45) is 0 Å². The summed E-state index contributed by atoms with van der Waals surface area (Å²) in [5.74, 6) is -0.164. The molecule has 7 heteroatoms.